The number of hydrogen-bond acceptors (Lipinski definition) is 4. The van der Waals surface area contributed by atoms with Crippen LogP contribution in [-0.4, -0.2) is 30.2 Å². The van der Waals surface area contributed by atoms with E-state index in [2.05, 4.69) is 12.1 Å². The monoisotopic (exact) mass is 483 g/mol. The summed E-state index contributed by atoms with van der Waals surface area (Å²) in [4.78, 5) is 28.3. The van der Waals surface area contributed by atoms with Crippen LogP contribution >= 0.6 is 0 Å². The van der Waals surface area contributed by atoms with Crippen molar-refractivity contribution in [3.05, 3.63) is 89.0 Å². The summed E-state index contributed by atoms with van der Waals surface area (Å²) in [5.74, 6) is -0.359. The quantitative estimate of drug-likeness (QED) is 0.487. The molecule has 2 aliphatic heterocycles. The first kappa shape index (κ1) is 22.7. The molecule has 184 valence electrons. The van der Waals surface area contributed by atoms with Crippen molar-refractivity contribution in [3.8, 4) is 11.5 Å². The number of benzene rings is 3. The van der Waals surface area contributed by atoms with Crippen LogP contribution in [0, 0.1) is 0 Å². The third-order valence-corrected chi connectivity index (χ3v) is 7.76. The molecule has 3 aliphatic rings. The number of carboxylic acids is 1. The summed E-state index contributed by atoms with van der Waals surface area (Å²) >= 11 is 0. The van der Waals surface area contributed by atoms with Gasteiger partial charge in [0.15, 0.2) is 11.5 Å². The molecule has 36 heavy (non-hydrogen) atoms. The zero-order valence-electron chi connectivity index (χ0n) is 20.1. The van der Waals surface area contributed by atoms with Crippen molar-refractivity contribution in [1.29, 1.82) is 0 Å². The molecule has 0 radical (unpaired) electrons. The van der Waals surface area contributed by atoms with E-state index in [9.17, 15) is 14.7 Å². The van der Waals surface area contributed by atoms with E-state index >= 15 is 0 Å². The Balaban J connectivity index is 1.47. The molecule has 2 unspecified atom stereocenters. The van der Waals surface area contributed by atoms with Gasteiger partial charge in [-0.05, 0) is 65.8 Å². The summed E-state index contributed by atoms with van der Waals surface area (Å²) < 4.78 is 11.5. The van der Waals surface area contributed by atoms with Gasteiger partial charge in [-0.15, -0.1) is 0 Å². The molecule has 6 heteroatoms. The first-order chi connectivity index (χ1) is 17.6. The average molecular weight is 484 g/mol. The second kappa shape index (κ2) is 9.34. The number of carbonyl (C=O) groups is 2. The van der Waals surface area contributed by atoms with E-state index in [0.29, 0.717) is 53.0 Å². The number of carboxylic acid groups (broad SMARTS) is 1. The van der Waals surface area contributed by atoms with Gasteiger partial charge in [0.25, 0.3) is 5.91 Å². The normalized spacial score (nSPS) is 21.7. The standard InChI is InChI=1S/C30H29NO5/c32-29-24-9-5-4-8-23(24)27(30(33)34)28(21-12-15-25-26(18-21)36-17-16-35-25)31(29)22-13-10-20(11-14-22)19-6-2-1-3-7-19/h4-5,8-15,18-19,27-28H,1-3,6-7,16-17H2,(H,33,34). The Labute approximate surface area is 210 Å². The van der Waals surface area contributed by atoms with Gasteiger partial charge in [-0.1, -0.05) is 55.7 Å². The Morgan fingerprint density at radius 3 is 2.28 bits per heavy atom. The average Bonchev–Trinajstić information content (AvgIpc) is 2.93. The summed E-state index contributed by atoms with van der Waals surface area (Å²) in [7, 11) is 0. The minimum absolute atomic E-state index is 0.201. The largest absolute Gasteiger partial charge is 0.486 e. The lowest BCUT2D eigenvalue weighted by atomic mass is 9.79. The zero-order valence-corrected chi connectivity index (χ0v) is 20.1. The van der Waals surface area contributed by atoms with E-state index in [0.717, 1.165) is 0 Å². The molecule has 1 N–H and O–H groups in total. The van der Waals surface area contributed by atoms with Crippen LogP contribution < -0.4 is 14.4 Å². The Morgan fingerprint density at radius 2 is 1.53 bits per heavy atom. The van der Waals surface area contributed by atoms with E-state index in [1.807, 2.05) is 24.3 Å². The van der Waals surface area contributed by atoms with Gasteiger partial charge in [-0.2, -0.15) is 0 Å². The Hall–Kier alpha value is -3.80. The summed E-state index contributed by atoms with van der Waals surface area (Å²) in [6.45, 7) is 0.899. The molecule has 6 nitrogen and oxygen atoms in total. The van der Waals surface area contributed by atoms with E-state index in [1.54, 1.807) is 35.2 Å². The highest BCUT2D eigenvalue weighted by Crippen LogP contribution is 2.47. The maximum atomic E-state index is 13.9. The fourth-order valence-electron chi connectivity index (χ4n) is 6.01. The molecule has 1 aliphatic carbocycles. The van der Waals surface area contributed by atoms with Crippen LogP contribution in [0.3, 0.4) is 0 Å². The van der Waals surface area contributed by atoms with Crippen molar-refractivity contribution in [2.24, 2.45) is 0 Å². The predicted octanol–water partition coefficient (Wildman–Crippen LogP) is 6.08. The maximum absolute atomic E-state index is 13.9. The molecule has 6 rings (SSSR count). The molecule has 0 spiro atoms. The molecule has 2 heterocycles. The minimum Gasteiger partial charge on any atom is -0.486 e. The highest BCUT2D eigenvalue weighted by molar-refractivity contribution is 6.11. The highest BCUT2D eigenvalue weighted by atomic mass is 16.6. The van der Waals surface area contributed by atoms with Crippen molar-refractivity contribution in [2.45, 2.75) is 50.0 Å². The molecule has 3 aromatic carbocycles. The Morgan fingerprint density at radius 1 is 0.833 bits per heavy atom. The number of fused-ring (bicyclic) bond motifs is 2. The van der Waals surface area contributed by atoms with Crippen LogP contribution in [0.5, 0.6) is 11.5 Å². The van der Waals surface area contributed by atoms with Gasteiger partial charge in [0, 0.05) is 11.3 Å². The summed E-state index contributed by atoms with van der Waals surface area (Å²) in [5.41, 5.74) is 3.64. The number of nitrogens with zero attached hydrogens (tertiary/aromatic N) is 1. The molecule has 3 aromatic rings. The molecule has 0 bridgehead atoms. The molecule has 1 saturated carbocycles. The first-order valence-electron chi connectivity index (χ1n) is 12.8. The number of amides is 1. The van der Waals surface area contributed by atoms with Gasteiger partial charge in [-0.25, -0.2) is 0 Å². The van der Waals surface area contributed by atoms with E-state index < -0.39 is 17.9 Å². The Bertz CT molecular complexity index is 1290. The van der Waals surface area contributed by atoms with Gasteiger partial charge < -0.3 is 14.6 Å². The predicted molar refractivity (Wildman–Crippen MR) is 136 cm³/mol. The van der Waals surface area contributed by atoms with Crippen molar-refractivity contribution < 1.29 is 24.2 Å². The van der Waals surface area contributed by atoms with Crippen molar-refractivity contribution in [2.75, 3.05) is 18.1 Å². The fourth-order valence-corrected chi connectivity index (χ4v) is 6.01. The number of aliphatic carboxylic acids is 1. The van der Waals surface area contributed by atoms with Crippen molar-refractivity contribution in [1.82, 2.24) is 0 Å². The smallest absolute Gasteiger partial charge is 0.313 e. The lowest BCUT2D eigenvalue weighted by Gasteiger charge is -2.41. The second-order valence-corrected chi connectivity index (χ2v) is 9.85. The molecule has 0 saturated heterocycles. The SMILES string of the molecule is O=C(O)C1c2ccccc2C(=O)N(c2ccc(C3CCCCC3)cc2)C1c1ccc2c(c1)OCCO2. The third kappa shape index (κ3) is 3.91. The number of ether oxygens (including phenoxy) is 2. The van der Waals surface area contributed by atoms with Gasteiger partial charge in [-0.3, -0.25) is 14.5 Å². The molecular weight excluding hydrogens is 454 g/mol. The summed E-state index contributed by atoms with van der Waals surface area (Å²) in [6, 6.07) is 19.9. The van der Waals surface area contributed by atoms with Crippen LogP contribution in [0.4, 0.5) is 5.69 Å². The van der Waals surface area contributed by atoms with E-state index in [4.69, 9.17) is 9.47 Å². The molecule has 1 amide bonds. The van der Waals surface area contributed by atoms with Gasteiger partial charge >= 0.3 is 5.97 Å². The lowest BCUT2D eigenvalue weighted by Crippen LogP contribution is -2.45. The maximum Gasteiger partial charge on any atom is 0.313 e. The number of hydrogen-bond donors (Lipinski definition) is 1. The van der Waals surface area contributed by atoms with E-state index in [1.165, 1.54) is 37.7 Å². The van der Waals surface area contributed by atoms with E-state index in [-0.39, 0.29) is 5.91 Å². The Kier molecular flexibility index (Phi) is 5.88. The number of rotatable bonds is 4. The first-order valence-corrected chi connectivity index (χ1v) is 12.8. The molecular formula is C30H29NO5. The summed E-state index contributed by atoms with van der Waals surface area (Å²) in [6.07, 6.45) is 6.18. The number of anilines is 1. The van der Waals surface area contributed by atoms with Crippen LogP contribution in [0.25, 0.3) is 0 Å². The zero-order chi connectivity index (χ0) is 24.6. The van der Waals surface area contributed by atoms with Gasteiger partial charge in [0.1, 0.15) is 19.1 Å². The molecule has 1 fully saturated rings. The van der Waals surface area contributed by atoms with Crippen LogP contribution in [0.15, 0.2) is 66.7 Å². The lowest BCUT2D eigenvalue weighted by molar-refractivity contribution is -0.139. The minimum atomic E-state index is -0.973. The fraction of sp³-hybridized carbons (Fsp3) is 0.333. The third-order valence-electron chi connectivity index (χ3n) is 7.76. The second-order valence-electron chi connectivity index (χ2n) is 9.85. The molecule has 2 atom stereocenters. The van der Waals surface area contributed by atoms with Crippen LogP contribution in [-0.2, 0) is 4.79 Å². The van der Waals surface area contributed by atoms with Crippen molar-refractivity contribution >= 4 is 17.6 Å². The van der Waals surface area contributed by atoms with Gasteiger partial charge in [0.05, 0.1) is 6.04 Å². The number of carbonyl (C=O) groups excluding carboxylic acids is 1. The van der Waals surface area contributed by atoms with Crippen LogP contribution in [0.2, 0.25) is 0 Å². The van der Waals surface area contributed by atoms with Crippen LogP contribution in [0.1, 0.15) is 77.0 Å². The topological polar surface area (TPSA) is 76.1 Å². The molecule has 0 aromatic heterocycles. The van der Waals surface area contributed by atoms with Crippen molar-refractivity contribution in [3.63, 3.8) is 0 Å². The highest BCUT2D eigenvalue weighted by Gasteiger charge is 2.45. The summed E-state index contributed by atoms with van der Waals surface area (Å²) in [5, 5.41) is 10.4. The van der Waals surface area contributed by atoms with Gasteiger partial charge in [0.2, 0.25) is 0 Å².